The van der Waals surface area contributed by atoms with Crippen molar-refractivity contribution in [2.24, 2.45) is 0 Å². The van der Waals surface area contributed by atoms with E-state index < -0.39 is 23.2 Å². The number of carbonyl (C=O) groups excluding carboxylic acids is 1. The van der Waals surface area contributed by atoms with Crippen LogP contribution < -0.4 is 0 Å². The molecule has 33 heavy (non-hydrogen) atoms. The lowest BCUT2D eigenvalue weighted by Crippen LogP contribution is -2.41. The number of benzene rings is 2. The fourth-order valence-corrected chi connectivity index (χ4v) is 4.08. The van der Waals surface area contributed by atoms with E-state index in [1.54, 1.807) is 0 Å². The van der Waals surface area contributed by atoms with Crippen LogP contribution in [0, 0.1) is 18.6 Å². The van der Waals surface area contributed by atoms with Gasteiger partial charge in [0.2, 0.25) is 0 Å². The number of morpholine rings is 1. The Bertz CT molecular complexity index is 1140. The number of carboxylic acid groups (broad SMARTS) is 1. The van der Waals surface area contributed by atoms with Gasteiger partial charge in [-0.3, -0.25) is 4.79 Å². The van der Waals surface area contributed by atoms with Crippen LogP contribution in [0.15, 0.2) is 30.3 Å². The summed E-state index contributed by atoms with van der Waals surface area (Å²) in [5.41, 5.74) is 2.21. The summed E-state index contributed by atoms with van der Waals surface area (Å²) in [6.07, 6.45) is 0.389. The highest BCUT2D eigenvalue weighted by Crippen LogP contribution is 2.36. The van der Waals surface area contributed by atoms with E-state index in [1.807, 2.05) is 32.2 Å². The Hall–Kier alpha value is -3.30. The highest BCUT2D eigenvalue weighted by molar-refractivity contribution is 5.94. The number of aromatic amines is 1. The van der Waals surface area contributed by atoms with Gasteiger partial charge in [-0.05, 0) is 43.3 Å². The standard InChI is InChI=1S/C22H22F2N2O3.C2H4O2/c1-12-4-3-5-18-19(12)15(10-14-11-26(2)6-7-29-14)21(25-18)20-16(23)8-13(22(27)28)9-17(20)24;1-4-2-3/h3-5,8-9,14,25H,6-7,10-11H2,1-2H3,(H,27,28);2H,1H3. The van der Waals surface area contributed by atoms with Crippen molar-refractivity contribution in [2.75, 3.05) is 33.9 Å². The molecule has 0 amide bonds. The fourth-order valence-electron chi connectivity index (χ4n) is 4.08. The molecule has 176 valence electrons. The average Bonchev–Trinajstić information content (AvgIpc) is 3.12. The summed E-state index contributed by atoms with van der Waals surface area (Å²) in [6.45, 7) is 4.50. The Morgan fingerprint density at radius 1 is 1.33 bits per heavy atom. The largest absolute Gasteiger partial charge is 0.478 e. The van der Waals surface area contributed by atoms with Crippen LogP contribution in [-0.4, -0.2) is 67.4 Å². The number of aromatic nitrogens is 1. The Balaban J connectivity index is 0.000000709. The summed E-state index contributed by atoms with van der Waals surface area (Å²) in [6, 6.07) is 7.41. The molecule has 0 aliphatic carbocycles. The predicted octanol–water partition coefficient (Wildman–Crippen LogP) is 3.78. The number of methoxy groups -OCH3 is 1. The lowest BCUT2D eigenvalue weighted by atomic mass is 9.96. The number of fused-ring (bicyclic) bond motifs is 1. The van der Waals surface area contributed by atoms with E-state index in [9.17, 15) is 13.6 Å². The van der Waals surface area contributed by atoms with Gasteiger partial charge in [-0.15, -0.1) is 0 Å². The van der Waals surface area contributed by atoms with E-state index >= 15 is 0 Å². The third-order valence-electron chi connectivity index (χ3n) is 5.54. The summed E-state index contributed by atoms with van der Waals surface area (Å²) in [4.78, 5) is 25.4. The lowest BCUT2D eigenvalue weighted by molar-refractivity contribution is -0.126. The van der Waals surface area contributed by atoms with Gasteiger partial charge in [0.1, 0.15) is 11.6 Å². The zero-order valence-corrected chi connectivity index (χ0v) is 18.7. The Morgan fingerprint density at radius 2 is 2.00 bits per heavy atom. The number of ether oxygens (including phenoxy) is 2. The van der Waals surface area contributed by atoms with Crippen molar-refractivity contribution in [2.45, 2.75) is 19.4 Å². The summed E-state index contributed by atoms with van der Waals surface area (Å²) >= 11 is 0. The lowest BCUT2D eigenvalue weighted by Gasteiger charge is -2.30. The van der Waals surface area contributed by atoms with Gasteiger partial charge < -0.3 is 24.5 Å². The molecule has 2 aromatic carbocycles. The molecule has 7 nitrogen and oxygen atoms in total. The number of hydrogen-bond acceptors (Lipinski definition) is 5. The van der Waals surface area contributed by atoms with Gasteiger partial charge >= 0.3 is 5.97 Å². The number of carboxylic acids is 1. The smallest absolute Gasteiger partial charge is 0.335 e. The summed E-state index contributed by atoms with van der Waals surface area (Å²) in [5, 5.41) is 10.00. The van der Waals surface area contributed by atoms with Crippen LogP contribution in [0.5, 0.6) is 0 Å². The van der Waals surface area contributed by atoms with Crippen molar-refractivity contribution in [1.29, 1.82) is 0 Å². The topological polar surface area (TPSA) is 91.9 Å². The molecule has 1 aromatic heterocycles. The van der Waals surface area contributed by atoms with Gasteiger partial charge in [-0.1, -0.05) is 12.1 Å². The zero-order valence-electron chi connectivity index (χ0n) is 18.7. The molecule has 0 radical (unpaired) electrons. The van der Waals surface area contributed by atoms with E-state index in [-0.39, 0.29) is 11.7 Å². The monoisotopic (exact) mass is 460 g/mol. The molecule has 0 bridgehead atoms. The molecular formula is C24H26F2N2O5. The minimum Gasteiger partial charge on any atom is -0.478 e. The van der Waals surface area contributed by atoms with Crippen molar-refractivity contribution in [1.82, 2.24) is 9.88 Å². The van der Waals surface area contributed by atoms with Crippen LogP contribution in [0.4, 0.5) is 8.78 Å². The van der Waals surface area contributed by atoms with Crippen molar-refractivity contribution >= 4 is 23.3 Å². The minimum absolute atomic E-state index is 0.101. The number of H-pyrrole nitrogens is 1. The van der Waals surface area contributed by atoms with Gasteiger partial charge in [-0.25, -0.2) is 13.6 Å². The first-order chi connectivity index (χ1) is 15.8. The quantitative estimate of drug-likeness (QED) is 0.563. The van der Waals surface area contributed by atoms with Crippen molar-refractivity contribution in [3.8, 4) is 11.3 Å². The van der Waals surface area contributed by atoms with Crippen LogP contribution in [0.2, 0.25) is 0 Å². The molecule has 9 heteroatoms. The fraction of sp³-hybridized carbons (Fsp3) is 0.333. The summed E-state index contributed by atoms with van der Waals surface area (Å²) in [7, 11) is 3.33. The third-order valence-corrected chi connectivity index (χ3v) is 5.54. The second kappa shape index (κ2) is 10.5. The second-order valence-corrected chi connectivity index (χ2v) is 7.89. The van der Waals surface area contributed by atoms with E-state index in [4.69, 9.17) is 14.6 Å². The number of nitrogens with zero attached hydrogens (tertiary/aromatic N) is 1. The van der Waals surface area contributed by atoms with Crippen molar-refractivity contribution in [3.63, 3.8) is 0 Å². The van der Waals surface area contributed by atoms with Crippen LogP contribution in [0.25, 0.3) is 22.2 Å². The van der Waals surface area contributed by atoms with Crippen molar-refractivity contribution < 1.29 is 33.0 Å². The number of rotatable bonds is 5. The third kappa shape index (κ3) is 5.37. The maximum atomic E-state index is 14.8. The zero-order chi connectivity index (χ0) is 24.1. The van der Waals surface area contributed by atoms with Gasteiger partial charge in [0, 0.05) is 30.4 Å². The van der Waals surface area contributed by atoms with Gasteiger partial charge in [-0.2, -0.15) is 0 Å². The van der Waals surface area contributed by atoms with Crippen LogP contribution in [0.3, 0.4) is 0 Å². The molecule has 2 heterocycles. The number of hydrogen-bond donors (Lipinski definition) is 2. The molecule has 3 aromatic rings. The van der Waals surface area contributed by atoms with E-state index in [1.165, 1.54) is 7.11 Å². The maximum Gasteiger partial charge on any atom is 0.335 e. The van der Waals surface area contributed by atoms with Crippen LogP contribution >= 0.6 is 0 Å². The molecule has 2 N–H and O–H groups in total. The number of nitrogens with one attached hydrogen (secondary N) is 1. The number of likely N-dealkylation sites (N-methyl/N-ethyl adjacent to an activating group) is 1. The van der Waals surface area contributed by atoms with Crippen LogP contribution in [-0.2, 0) is 20.7 Å². The minimum atomic E-state index is -1.37. The first-order valence-corrected chi connectivity index (χ1v) is 10.4. The number of halogens is 2. The molecule has 1 aliphatic heterocycles. The van der Waals surface area contributed by atoms with E-state index in [0.717, 1.165) is 47.3 Å². The summed E-state index contributed by atoms with van der Waals surface area (Å²) < 4.78 is 39.4. The summed E-state index contributed by atoms with van der Waals surface area (Å²) in [5.74, 6) is -3.19. The van der Waals surface area contributed by atoms with E-state index in [2.05, 4.69) is 14.6 Å². The molecule has 1 fully saturated rings. The van der Waals surface area contributed by atoms with Crippen molar-refractivity contribution in [3.05, 3.63) is 58.7 Å². The number of aromatic carboxylic acids is 1. The van der Waals surface area contributed by atoms with E-state index in [0.29, 0.717) is 25.2 Å². The Labute approximate surface area is 189 Å². The van der Waals surface area contributed by atoms with Gasteiger partial charge in [0.25, 0.3) is 6.47 Å². The Kier molecular flexibility index (Phi) is 7.78. The molecule has 0 spiro atoms. The molecule has 4 rings (SSSR count). The molecule has 1 unspecified atom stereocenters. The second-order valence-electron chi connectivity index (χ2n) is 7.89. The Morgan fingerprint density at radius 3 is 2.58 bits per heavy atom. The average molecular weight is 460 g/mol. The molecule has 0 saturated carbocycles. The molecular weight excluding hydrogens is 434 g/mol. The number of carbonyl (C=O) groups is 2. The predicted molar refractivity (Wildman–Crippen MR) is 119 cm³/mol. The maximum absolute atomic E-state index is 14.8. The normalized spacial score (nSPS) is 16.2. The first-order valence-electron chi connectivity index (χ1n) is 10.4. The van der Waals surface area contributed by atoms with Gasteiger partial charge in [0.15, 0.2) is 0 Å². The molecule has 1 atom stereocenters. The molecule has 1 aliphatic rings. The highest BCUT2D eigenvalue weighted by atomic mass is 19.1. The molecule has 1 saturated heterocycles. The number of aryl methyl sites for hydroxylation is 1. The SMILES string of the molecule is COC=O.Cc1cccc2[nH]c(-c3c(F)cc(C(=O)O)cc3F)c(CC3CN(C)CCO3)c12. The highest BCUT2D eigenvalue weighted by Gasteiger charge is 2.26. The van der Waals surface area contributed by atoms with Gasteiger partial charge in [0.05, 0.1) is 36.6 Å². The van der Waals surface area contributed by atoms with Crippen LogP contribution in [0.1, 0.15) is 21.5 Å². The first kappa shape index (κ1) is 24.3.